The number of ether oxygens (including phenoxy) is 1. The summed E-state index contributed by atoms with van der Waals surface area (Å²) in [7, 11) is 0. The Morgan fingerprint density at radius 2 is 1.32 bits per heavy atom. The first-order valence-electron chi connectivity index (χ1n) is 9.20. The molecule has 0 rings (SSSR count). The molecule has 0 aromatic carbocycles. The van der Waals surface area contributed by atoms with Gasteiger partial charge in [-0.25, -0.2) is 0 Å². The van der Waals surface area contributed by atoms with Crippen LogP contribution in [0.2, 0.25) is 0 Å². The highest BCUT2D eigenvalue weighted by molar-refractivity contribution is 5.65. The largest absolute Gasteiger partial charge is 0.466 e. The maximum absolute atomic E-state index is 10.6. The number of unbranched alkanes of at least 4 members (excludes halogenated alkanes) is 9. The molecule has 0 saturated heterocycles. The summed E-state index contributed by atoms with van der Waals surface area (Å²) >= 11 is 0. The van der Waals surface area contributed by atoms with Crippen molar-refractivity contribution in [1.82, 2.24) is 0 Å². The highest BCUT2D eigenvalue weighted by Gasteiger charge is 1.93. The van der Waals surface area contributed by atoms with Crippen LogP contribution in [0, 0.1) is 0 Å². The van der Waals surface area contributed by atoms with Gasteiger partial charge in [0.15, 0.2) is 0 Å². The van der Waals surface area contributed by atoms with Crippen molar-refractivity contribution in [1.29, 1.82) is 0 Å². The van der Waals surface area contributed by atoms with Crippen molar-refractivity contribution in [2.75, 3.05) is 6.61 Å². The van der Waals surface area contributed by atoms with E-state index in [1.165, 1.54) is 71.1 Å². The summed E-state index contributed by atoms with van der Waals surface area (Å²) < 4.78 is 4.91. The number of allylic oxidation sites excluding steroid dienone is 4. The van der Waals surface area contributed by atoms with Crippen molar-refractivity contribution >= 4 is 5.97 Å². The van der Waals surface area contributed by atoms with Gasteiger partial charge in [0.25, 0.3) is 0 Å². The monoisotopic (exact) mass is 308 g/mol. The second kappa shape index (κ2) is 18.0. The zero-order valence-corrected chi connectivity index (χ0v) is 14.8. The molecular weight excluding hydrogens is 272 g/mol. The van der Waals surface area contributed by atoms with Crippen molar-refractivity contribution < 1.29 is 9.53 Å². The van der Waals surface area contributed by atoms with Gasteiger partial charge in [0.05, 0.1) is 6.61 Å². The maximum Gasteiger partial charge on any atom is 0.302 e. The van der Waals surface area contributed by atoms with Gasteiger partial charge in [-0.1, -0.05) is 69.8 Å². The van der Waals surface area contributed by atoms with Crippen LogP contribution in [-0.4, -0.2) is 12.6 Å². The number of hydrogen-bond acceptors (Lipinski definition) is 2. The van der Waals surface area contributed by atoms with E-state index in [-0.39, 0.29) is 5.97 Å². The molecule has 0 aliphatic rings. The van der Waals surface area contributed by atoms with E-state index in [4.69, 9.17) is 4.74 Å². The third kappa shape index (κ3) is 18.9. The summed E-state index contributed by atoms with van der Waals surface area (Å²) in [5, 5.41) is 0. The van der Waals surface area contributed by atoms with Gasteiger partial charge in [0, 0.05) is 6.92 Å². The molecule has 0 aromatic rings. The maximum atomic E-state index is 10.6. The third-order valence-electron chi connectivity index (χ3n) is 3.65. The SMILES string of the molecule is CCCCC/C=C\C/C=C/CCCCCCCCOC(C)=O. The number of carbonyl (C=O) groups excluding carboxylic acids is 1. The first-order valence-corrected chi connectivity index (χ1v) is 9.20. The van der Waals surface area contributed by atoms with Gasteiger partial charge in [0.1, 0.15) is 0 Å². The average Bonchev–Trinajstić information content (AvgIpc) is 2.50. The molecule has 0 aliphatic carbocycles. The van der Waals surface area contributed by atoms with E-state index in [0.29, 0.717) is 6.61 Å². The number of esters is 1. The van der Waals surface area contributed by atoms with Crippen LogP contribution < -0.4 is 0 Å². The predicted molar refractivity (Wildman–Crippen MR) is 96.0 cm³/mol. The van der Waals surface area contributed by atoms with Gasteiger partial charge in [-0.05, 0) is 38.5 Å². The fourth-order valence-electron chi connectivity index (χ4n) is 2.31. The predicted octanol–water partition coefficient (Wildman–Crippen LogP) is 6.36. The first kappa shape index (κ1) is 20.9. The topological polar surface area (TPSA) is 26.3 Å². The van der Waals surface area contributed by atoms with Crippen molar-refractivity contribution in [2.45, 2.75) is 90.9 Å². The lowest BCUT2D eigenvalue weighted by Gasteiger charge is -2.02. The molecule has 22 heavy (non-hydrogen) atoms. The van der Waals surface area contributed by atoms with Gasteiger partial charge >= 0.3 is 5.97 Å². The van der Waals surface area contributed by atoms with E-state index < -0.39 is 0 Å². The van der Waals surface area contributed by atoms with Crippen molar-refractivity contribution in [3.05, 3.63) is 24.3 Å². The molecular formula is C20H36O2. The third-order valence-corrected chi connectivity index (χ3v) is 3.65. The second-order valence-corrected chi connectivity index (χ2v) is 5.92. The summed E-state index contributed by atoms with van der Waals surface area (Å²) in [6.07, 6.45) is 24.1. The average molecular weight is 309 g/mol. The van der Waals surface area contributed by atoms with Gasteiger partial charge in [0.2, 0.25) is 0 Å². The fourth-order valence-corrected chi connectivity index (χ4v) is 2.31. The molecule has 0 fully saturated rings. The van der Waals surface area contributed by atoms with E-state index in [1.807, 2.05) is 0 Å². The number of hydrogen-bond donors (Lipinski definition) is 0. The molecule has 0 unspecified atom stereocenters. The Bertz CT molecular complexity index is 292. The standard InChI is InChI=1S/C20H36O2/c1-3-4-5-6-7-8-9-10-11-12-13-14-15-16-17-18-19-22-20(2)21/h7-8,10-11H,3-6,9,12-19H2,1-2H3/b8-7-,11-10+. The minimum atomic E-state index is -0.164. The van der Waals surface area contributed by atoms with Crippen LogP contribution in [-0.2, 0) is 9.53 Å². The molecule has 0 aliphatic heterocycles. The van der Waals surface area contributed by atoms with Crippen molar-refractivity contribution in [3.8, 4) is 0 Å². The summed E-state index contributed by atoms with van der Waals surface area (Å²) in [4.78, 5) is 10.6. The molecule has 2 nitrogen and oxygen atoms in total. The van der Waals surface area contributed by atoms with Crippen molar-refractivity contribution in [3.63, 3.8) is 0 Å². The van der Waals surface area contributed by atoms with Crippen LogP contribution in [0.15, 0.2) is 24.3 Å². The Labute approximate surface area is 138 Å². The summed E-state index contributed by atoms with van der Waals surface area (Å²) in [6, 6.07) is 0. The minimum absolute atomic E-state index is 0.164. The normalized spacial score (nSPS) is 11.5. The highest BCUT2D eigenvalue weighted by atomic mass is 16.5. The summed E-state index contributed by atoms with van der Waals surface area (Å²) in [5.74, 6) is -0.164. The van der Waals surface area contributed by atoms with Gasteiger partial charge in [-0.15, -0.1) is 0 Å². The molecule has 0 aromatic heterocycles. The van der Waals surface area contributed by atoms with E-state index in [0.717, 1.165) is 12.8 Å². The second-order valence-electron chi connectivity index (χ2n) is 5.92. The molecule has 0 N–H and O–H groups in total. The highest BCUT2D eigenvalue weighted by Crippen LogP contribution is 2.08. The van der Waals surface area contributed by atoms with E-state index in [2.05, 4.69) is 31.2 Å². The van der Waals surface area contributed by atoms with Crippen LogP contribution >= 0.6 is 0 Å². The lowest BCUT2D eigenvalue weighted by atomic mass is 10.1. The molecule has 0 spiro atoms. The Kier molecular flexibility index (Phi) is 17.1. The van der Waals surface area contributed by atoms with Crippen molar-refractivity contribution in [2.24, 2.45) is 0 Å². The molecule has 128 valence electrons. The smallest absolute Gasteiger partial charge is 0.302 e. The summed E-state index contributed by atoms with van der Waals surface area (Å²) in [6.45, 7) is 4.30. The number of carbonyl (C=O) groups is 1. The zero-order chi connectivity index (χ0) is 16.3. The van der Waals surface area contributed by atoms with E-state index in [9.17, 15) is 4.79 Å². The lowest BCUT2D eigenvalue weighted by molar-refractivity contribution is -0.141. The van der Waals surface area contributed by atoms with Gasteiger partial charge in [-0.2, -0.15) is 0 Å². The molecule has 0 amide bonds. The zero-order valence-electron chi connectivity index (χ0n) is 14.8. The molecule has 0 bridgehead atoms. The Hall–Kier alpha value is -1.05. The lowest BCUT2D eigenvalue weighted by Crippen LogP contribution is -1.99. The quantitative estimate of drug-likeness (QED) is 0.200. The van der Waals surface area contributed by atoms with E-state index in [1.54, 1.807) is 0 Å². The van der Waals surface area contributed by atoms with Gasteiger partial charge in [-0.3, -0.25) is 4.79 Å². The molecule has 2 heteroatoms. The van der Waals surface area contributed by atoms with E-state index >= 15 is 0 Å². The Morgan fingerprint density at radius 1 is 0.773 bits per heavy atom. The first-order chi connectivity index (χ1) is 10.8. The minimum Gasteiger partial charge on any atom is -0.466 e. The van der Waals surface area contributed by atoms with Crippen LogP contribution in [0.25, 0.3) is 0 Å². The van der Waals surface area contributed by atoms with Crippen LogP contribution in [0.4, 0.5) is 0 Å². The Balaban J connectivity index is 3.15. The fraction of sp³-hybridized carbons (Fsp3) is 0.750. The van der Waals surface area contributed by atoms with Crippen LogP contribution in [0.3, 0.4) is 0 Å². The van der Waals surface area contributed by atoms with Crippen LogP contribution in [0.5, 0.6) is 0 Å². The van der Waals surface area contributed by atoms with Crippen LogP contribution in [0.1, 0.15) is 90.9 Å². The van der Waals surface area contributed by atoms with Gasteiger partial charge < -0.3 is 4.74 Å². The number of rotatable bonds is 15. The molecule has 0 atom stereocenters. The summed E-state index contributed by atoms with van der Waals surface area (Å²) in [5.41, 5.74) is 0. The molecule has 0 saturated carbocycles. The molecule has 0 radical (unpaired) electrons. The Morgan fingerprint density at radius 3 is 1.91 bits per heavy atom. The molecule has 0 heterocycles.